The zero-order chi connectivity index (χ0) is 14.1. The summed E-state index contributed by atoms with van der Waals surface area (Å²) in [5.74, 6) is 0.0374. The Labute approximate surface area is 115 Å². The molecule has 0 radical (unpaired) electrons. The van der Waals surface area contributed by atoms with Gasteiger partial charge in [-0.05, 0) is 44.4 Å². The highest BCUT2D eigenvalue weighted by Gasteiger charge is 2.03. The molecule has 0 saturated heterocycles. The van der Waals surface area contributed by atoms with E-state index >= 15 is 0 Å². The molecule has 0 aliphatic carbocycles. The molecular weight excluding hydrogens is 240 g/mol. The molecule has 4 nitrogen and oxygen atoms in total. The molecule has 0 aromatic heterocycles. The van der Waals surface area contributed by atoms with Crippen LogP contribution in [0.3, 0.4) is 0 Å². The fourth-order valence-corrected chi connectivity index (χ4v) is 1.72. The van der Waals surface area contributed by atoms with Gasteiger partial charge in [-0.1, -0.05) is 12.1 Å². The summed E-state index contributed by atoms with van der Waals surface area (Å²) in [4.78, 5) is 11.7. The topological polar surface area (TPSA) is 64.3 Å². The lowest BCUT2D eigenvalue weighted by Gasteiger charge is -2.08. The third-order valence-corrected chi connectivity index (χ3v) is 2.66. The zero-order valence-corrected chi connectivity index (χ0v) is 11.8. The van der Waals surface area contributed by atoms with E-state index in [0.717, 1.165) is 25.0 Å². The van der Waals surface area contributed by atoms with E-state index in [4.69, 9.17) is 10.5 Å². The Morgan fingerprint density at radius 3 is 2.84 bits per heavy atom. The molecule has 1 amide bonds. The second-order valence-electron chi connectivity index (χ2n) is 4.90. The smallest absolute Gasteiger partial charge is 0.224 e. The molecule has 1 aromatic rings. The van der Waals surface area contributed by atoms with Crippen molar-refractivity contribution in [2.75, 3.05) is 18.9 Å². The SMILES string of the molecule is CC(C)OCCCCNC(=O)Cc1cccc(N)c1. The number of nitrogens with two attached hydrogens (primary N) is 1. The van der Waals surface area contributed by atoms with Gasteiger partial charge in [0.15, 0.2) is 0 Å². The lowest BCUT2D eigenvalue weighted by atomic mass is 10.1. The largest absolute Gasteiger partial charge is 0.399 e. The Hall–Kier alpha value is -1.55. The third-order valence-electron chi connectivity index (χ3n) is 2.66. The lowest BCUT2D eigenvalue weighted by Crippen LogP contribution is -2.26. The molecule has 0 aliphatic heterocycles. The van der Waals surface area contributed by atoms with E-state index in [1.165, 1.54) is 0 Å². The number of hydrogen-bond donors (Lipinski definition) is 2. The van der Waals surface area contributed by atoms with E-state index in [1.807, 2.05) is 38.1 Å². The molecule has 3 N–H and O–H groups in total. The minimum atomic E-state index is 0.0374. The first-order chi connectivity index (χ1) is 9.08. The van der Waals surface area contributed by atoms with Crippen LogP contribution in [0.4, 0.5) is 5.69 Å². The summed E-state index contributed by atoms with van der Waals surface area (Å²) >= 11 is 0. The number of nitrogen functional groups attached to an aromatic ring is 1. The van der Waals surface area contributed by atoms with Gasteiger partial charge in [-0.2, -0.15) is 0 Å². The number of anilines is 1. The molecule has 1 rings (SSSR count). The standard InChI is InChI=1S/C15H24N2O2/c1-12(2)19-9-4-3-8-17-15(18)11-13-6-5-7-14(16)10-13/h5-7,10,12H,3-4,8-9,11,16H2,1-2H3,(H,17,18). The highest BCUT2D eigenvalue weighted by atomic mass is 16.5. The van der Waals surface area contributed by atoms with E-state index in [0.29, 0.717) is 18.7 Å². The number of nitrogens with one attached hydrogen (secondary N) is 1. The van der Waals surface area contributed by atoms with Gasteiger partial charge in [0.2, 0.25) is 5.91 Å². The van der Waals surface area contributed by atoms with Crippen molar-refractivity contribution in [1.29, 1.82) is 0 Å². The Balaban J connectivity index is 2.11. The van der Waals surface area contributed by atoms with Crippen molar-refractivity contribution in [3.05, 3.63) is 29.8 Å². The van der Waals surface area contributed by atoms with E-state index in [1.54, 1.807) is 0 Å². The first kappa shape index (κ1) is 15.5. The molecule has 0 spiro atoms. The maximum absolute atomic E-state index is 11.7. The monoisotopic (exact) mass is 264 g/mol. The van der Waals surface area contributed by atoms with Gasteiger partial charge in [-0.3, -0.25) is 4.79 Å². The Kier molecular flexibility index (Phi) is 6.97. The molecule has 0 bridgehead atoms. The molecule has 19 heavy (non-hydrogen) atoms. The molecule has 0 saturated carbocycles. The van der Waals surface area contributed by atoms with E-state index in [2.05, 4.69) is 5.32 Å². The Morgan fingerprint density at radius 1 is 1.37 bits per heavy atom. The van der Waals surface area contributed by atoms with Gasteiger partial charge in [0.25, 0.3) is 0 Å². The van der Waals surface area contributed by atoms with Gasteiger partial charge < -0.3 is 15.8 Å². The van der Waals surface area contributed by atoms with E-state index in [9.17, 15) is 4.79 Å². The summed E-state index contributed by atoms with van der Waals surface area (Å²) in [6.45, 7) is 5.49. The molecule has 0 aliphatic rings. The predicted octanol–water partition coefficient (Wildman–Crippen LogP) is 2.13. The Morgan fingerprint density at radius 2 is 2.16 bits per heavy atom. The first-order valence-electron chi connectivity index (χ1n) is 6.80. The molecule has 0 atom stereocenters. The molecule has 0 unspecified atom stereocenters. The summed E-state index contributed by atoms with van der Waals surface area (Å²) in [7, 11) is 0. The van der Waals surface area contributed by atoms with Crippen molar-refractivity contribution in [3.8, 4) is 0 Å². The molecular formula is C15H24N2O2. The van der Waals surface area contributed by atoms with Gasteiger partial charge in [0, 0.05) is 18.8 Å². The van der Waals surface area contributed by atoms with Crippen LogP contribution in [0.25, 0.3) is 0 Å². The average Bonchev–Trinajstić information content (AvgIpc) is 2.33. The quantitative estimate of drug-likeness (QED) is 0.558. The van der Waals surface area contributed by atoms with Crippen LogP contribution < -0.4 is 11.1 Å². The number of amides is 1. The highest BCUT2D eigenvalue weighted by Crippen LogP contribution is 2.06. The van der Waals surface area contributed by atoms with E-state index in [-0.39, 0.29) is 12.0 Å². The van der Waals surface area contributed by atoms with Gasteiger partial charge in [-0.25, -0.2) is 0 Å². The van der Waals surface area contributed by atoms with Crippen LogP contribution in [0.5, 0.6) is 0 Å². The summed E-state index contributed by atoms with van der Waals surface area (Å²) < 4.78 is 5.43. The van der Waals surface area contributed by atoms with Crippen LogP contribution in [-0.2, 0) is 16.0 Å². The normalized spacial score (nSPS) is 10.7. The zero-order valence-electron chi connectivity index (χ0n) is 11.8. The van der Waals surface area contributed by atoms with Crippen LogP contribution in [0.1, 0.15) is 32.3 Å². The van der Waals surface area contributed by atoms with Crippen molar-refractivity contribution in [2.24, 2.45) is 0 Å². The number of ether oxygens (including phenoxy) is 1. The van der Waals surface area contributed by atoms with Crippen molar-refractivity contribution in [3.63, 3.8) is 0 Å². The summed E-state index contributed by atoms with van der Waals surface area (Å²) in [5.41, 5.74) is 7.30. The van der Waals surface area contributed by atoms with Gasteiger partial charge >= 0.3 is 0 Å². The number of hydrogen-bond acceptors (Lipinski definition) is 3. The summed E-state index contributed by atoms with van der Waals surface area (Å²) in [6.07, 6.45) is 2.57. The molecule has 0 fully saturated rings. The fourth-order valence-electron chi connectivity index (χ4n) is 1.72. The minimum absolute atomic E-state index is 0.0374. The number of benzene rings is 1. The molecule has 4 heteroatoms. The number of carbonyl (C=O) groups is 1. The van der Waals surface area contributed by atoms with Crippen LogP contribution in [0.2, 0.25) is 0 Å². The van der Waals surface area contributed by atoms with Crippen LogP contribution in [-0.4, -0.2) is 25.2 Å². The second-order valence-corrected chi connectivity index (χ2v) is 4.90. The second kappa shape index (κ2) is 8.53. The lowest BCUT2D eigenvalue weighted by molar-refractivity contribution is -0.120. The van der Waals surface area contributed by atoms with Crippen molar-refractivity contribution < 1.29 is 9.53 Å². The first-order valence-corrected chi connectivity index (χ1v) is 6.80. The molecule has 1 aromatic carbocycles. The van der Waals surface area contributed by atoms with E-state index < -0.39 is 0 Å². The maximum atomic E-state index is 11.7. The van der Waals surface area contributed by atoms with Crippen molar-refractivity contribution in [2.45, 2.75) is 39.2 Å². The average molecular weight is 264 g/mol. The van der Waals surface area contributed by atoms with Crippen LogP contribution in [0, 0.1) is 0 Å². The number of unbranched alkanes of at least 4 members (excludes halogenated alkanes) is 1. The van der Waals surface area contributed by atoms with Gasteiger partial charge in [0.1, 0.15) is 0 Å². The van der Waals surface area contributed by atoms with Gasteiger partial charge in [-0.15, -0.1) is 0 Å². The number of carbonyl (C=O) groups excluding carboxylic acids is 1. The number of rotatable bonds is 8. The minimum Gasteiger partial charge on any atom is -0.399 e. The van der Waals surface area contributed by atoms with Crippen LogP contribution >= 0.6 is 0 Å². The Bertz CT molecular complexity index is 391. The molecule has 0 heterocycles. The fraction of sp³-hybridized carbons (Fsp3) is 0.533. The van der Waals surface area contributed by atoms with Crippen molar-refractivity contribution >= 4 is 11.6 Å². The summed E-state index contributed by atoms with van der Waals surface area (Å²) in [5, 5.41) is 2.90. The predicted molar refractivity (Wildman–Crippen MR) is 77.9 cm³/mol. The highest BCUT2D eigenvalue weighted by molar-refractivity contribution is 5.78. The third kappa shape index (κ3) is 7.47. The van der Waals surface area contributed by atoms with Gasteiger partial charge in [0.05, 0.1) is 12.5 Å². The molecule has 106 valence electrons. The van der Waals surface area contributed by atoms with Crippen molar-refractivity contribution in [1.82, 2.24) is 5.32 Å². The summed E-state index contributed by atoms with van der Waals surface area (Å²) in [6, 6.07) is 7.42. The van der Waals surface area contributed by atoms with Crippen LogP contribution in [0.15, 0.2) is 24.3 Å². The maximum Gasteiger partial charge on any atom is 0.224 e.